The number of fused-ring (bicyclic) bond motifs is 8. The predicted octanol–water partition coefficient (Wildman–Crippen LogP) is 4.76. The van der Waals surface area contributed by atoms with Crippen molar-refractivity contribution in [3.8, 4) is 0 Å². The van der Waals surface area contributed by atoms with Crippen LogP contribution < -0.4 is 16.0 Å². The van der Waals surface area contributed by atoms with Crippen molar-refractivity contribution in [2.75, 3.05) is 92.8 Å². The zero-order chi connectivity index (χ0) is 52.6. The predicted molar refractivity (Wildman–Crippen MR) is 274 cm³/mol. The topological polar surface area (TPSA) is 265 Å². The molecular weight excluding hydrogens is 925 g/mol. The molecule has 2 aliphatic rings. The van der Waals surface area contributed by atoms with Crippen LogP contribution in [0, 0.1) is 13.8 Å². The molecule has 5 heterocycles. The van der Waals surface area contributed by atoms with Crippen LogP contribution in [0.25, 0.3) is 22.1 Å². The number of carboxylic acid groups (broad SMARTS) is 1. The molecule has 0 spiro atoms. The fourth-order valence-electron chi connectivity index (χ4n) is 9.75. The molecule has 0 saturated heterocycles. The number of hydrogen-bond acceptors (Lipinski definition) is 14. The van der Waals surface area contributed by atoms with Crippen molar-refractivity contribution in [1.82, 2.24) is 50.6 Å². The van der Waals surface area contributed by atoms with Gasteiger partial charge in [0, 0.05) is 116 Å². The van der Waals surface area contributed by atoms with Crippen molar-refractivity contribution in [1.29, 1.82) is 0 Å². The first-order chi connectivity index (χ1) is 34.5. The summed E-state index contributed by atoms with van der Waals surface area (Å²) in [6, 6.07) is 5.79. The molecule has 0 radical (unpaired) electrons. The summed E-state index contributed by atoms with van der Waals surface area (Å²) in [6.07, 6.45) is 2.08. The summed E-state index contributed by atoms with van der Waals surface area (Å²) in [6.45, 7) is 17.9. The van der Waals surface area contributed by atoms with Crippen molar-refractivity contribution >= 4 is 57.5 Å². The molecule has 3 atom stereocenters. The molecule has 0 saturated carbocycles. The van der Waals surface area contributed by atoms with E-state index in [1.807, 2.05) is 39.0 Å². The molecular formula is C52H76N10O10. The number of methoxy groups -OCH3 is 1. The minimum Gasteiger partial charge on any atom is -0.480 e. The number of aromatic amines is 2. The molecule has 72 heavy (non-hydrogen) atoms. The zero-order valence-electron chi connectivity index (χ0n) is 43.6. The number of ketones is 1. The van der Waals surface area contributed by atoms with E-state index in [-0.39, 0.29) is 81.0 Å². The van der Waals surface area contributed by atoms with Crippen LogP contribution >= 0.6 is 0 Å². The van der Waals surface area contributed by atoms with E-state index in [0.717, 1.165) is 43.0 Å². The van der Waals surface area contributed by atoms with Gasteiger partial charge in [0.05, 0.1) is 55.5 Å². The number of esters is 1. The average molecular weight is 1000 g/mol. The van der Waals surface area contributed by atoms with Crippen LogP contribution in [0.2, 0.25) is 0 Å². The van der Waals surface area contributed by atoms with Gasteiger partial charge in [0.1, 0.15) is 0 Å². The summed E-state index contributed by atoms with van der Waals surface area (Å²) < 4.78 is 5.25. The molecule has 2 aliphatic heterocycles. The smallest absolute Gasteiger partial charge is 0.317 e. The number of hydrogen-bond donors (Lipinski definition) is 7. The molecule has 0 aliphatic carbocycles. The first kappa shape index (κ1) is 56.8. The van der Waals surface area contributed by atoms with Crippen molar-refractivity contribution in [3.63, 3.8) is 0 Å². The lowest BCUT2D eigenvalue weighted by Gasteiger charge is -2.28. The average Bonchev–Trinajstić information content (AvgIpc) is 4.07. The quantitative estimate of drug-likeness (QED) is 0.0179. The Hall–Kier alpha value is -6.06. The highest BCUT2D eigenvalue weighted by Crippen LogP contribution is 2.43. The third kappa shape index (κ3) is 14.8. The van der Waals surface area contributed by atoms with Gasteiger partial charge in [-0.15, -0.1) is 0 Å². The van der Waals surface area contributed by atoms with Gasteiger partial charge in [-0.3, -0.25) is 53.8 Å². The Labute approximate surface area is 422 Å². The third-order valence-electron chi connectivity index (χ3n) is 14.1. The van der Waals surface area contributed by atoms with E-state index in [1.54, 1.807) is 18.9 Å². The number of nitrogens with zero attached hydrogens (tertiary/aromatic N) is 5. The number of amides is 3. The van der Waals surface area contributed by atoms with Gasteiger partial charge >= 0.3 is 11.9 Å². The van der Waals surface area contributed by atoms with E-state index in [4.69, 9.17) is 20.0 Å². The molecule has 3 amide bonds. The van der Waals surface area contributed by atoms with Gasteiger partial charge in [0.2, 0.25) is 11.8 Å². The van der Waals surface area contributed by atoms with Crippen LogP contribution in [0.3, 0.4) is 0 Å². The lowest BCUT2D eigenvalue weighted by atomic mass is 9.85. The second-order valence-electron chi connectivity index (χ2n) is 18.7. The third-order valence-corrected chi connectivity index (χ3v) is 14.1. The molecule has 20 nitrogen and oxygen atoms in total. The Bertz CT molecular complexity index is 2590. The number of carbonyl (C=O) groups excluding carboxylic acids is 5. The highest BCUT2D eigenvalue weighted by molar-refractivity contribution is 6.06. The van der Waals surface area contributed by atoms with Crippen LogP contribution in [0.1, 0.15) is 138 Å². The Morgan fingerprint density at radius 2 is 1.46 bits per heavy atom. The van der Waals surface area contributed by atoms with E-state index in [1.165, 1.54) is 7.11 Å². The van der Waals surface area contributed by atoms with Crippen LogP contribution in [-0.4, -0.2) is 173 Å². The lowest BCUT2D eigenvalue weighted by molar-refractivity contribution is -0.244. The molecule has 1 unspecified atom stereocenters. The number of aromatic nitrogens is 4. The number of Topliss-reactive ketones (excluding diaryl/α,β-unsaturated/α-hetero) is 1. The van der Waals surface area contributed by atoms with Crippen LogP contribution in [0.15, 0.2) is 18.2 Å². The van der Waals surface area contributed by atoms with Gasteiger partial charge < -0.3 is 40.7 Å². The number of carbonyl (C=O) groups is 6. The van der Waals surface area contributed by atoms with Gasteiger partial charge in [0.15, 0.2) is 5.78 Å². The van der Waals surface area contributed by atoms with Crippen LogP contribution in [-0.2, 0) is 41.6 Å². The largest absolute Gasteiger partial charge is 0.480 e. The number of H-pyrrole nitrogens is 2. The number of likely N-dealkylation sites (N-methyl/N-ethyl adjacent to an activating group) is 1. The Balaban J connectivity index is 1.50. The number of rotatable bonds is 27. The monoisotopic (exact) mass is 1000 g/mol. The minimum absolute atomic E-state index is 0.0401. The van der Waals surface area contributed by atoms with Crippen LogP contribution in [0.5, 0.6) is 0 Å². The van der Waals surface area contributed by atoms with Crippen molar-refractivity contribution in [2.45, 2.75) is 105 Å². The first-order valence-corrected chi connectivity index (χ1v) is 25.2. The normalized spacial score (nSPS) is 15.5. The zero-order valence-corrected chi connectivity index (χ0v) is 43.6. The maximum absolute atomic E-state index is 14.6. The van der Waals surface area contributed by atoms with Crippen molar-refractivity contribution in [2.24, 2.45) is 0 Å². The molecule has 7 N–H and O–H groups in total. The maximum atomic E-state index is 14.6. The fraction of sp³-hybridized carbons (Fsp3) is 0.577. The molecule has 20 heteroatoms. The Morgan fingerprint density at radius 3 is 2.10 bits per heavy atom. The standard InChI is InChI=1S/C52H76N10O10/c1-10-35-24-36-25-43-48(34(7)63)32(5)40(57-43)27-39-31(4)37(14-15-44(64)53-8)50(58-39)38(26-47(68)71-9)51-49(33(6)41(59-51)28-42(35)56-36)52(69)55-17-13-16-54-45(65)29-62(30-46(66)67)21-20-61(22-23-72-70)19-18-60(11-2)12-3/h25,27-28,31,35,37,57,59,70H,10-24,26,29-30H2,1-9H3,(H,53,64)(H,54,65)(H,55,69)(H,66,67)/t31?,35-,37+/m1/s1. The summed E-state index contributed by atoms with van der Waals surface area (Å²) in [5, 5.41) is 27.2. The van der Waals surface area contributed by atoms with E-state index in [9.17, 15) is 33.9 Å². The number of ether oxygens (including phenoxy) is 1. The molecule has 0 aromatic carbocycles. The van der Waals surface area contributed by atoms with Gasteiger partial charge in [-0.25, -0.2) is 4.89 Å². The van der Waals surface area contributed by atoms with Gasteiger partial charge in [-0.1, -0.05) is 27.7 Å². The summed E-state index contributed by atoms with van der Waals surface area (Å²) in [5.74, 6) is -3.24. The SMILES string of the molecule is CC[C@@H]1Cc2cc3[nH]c(cc4nc(c(CC(=O)OC)c5[nH]c(cc1n2)c(C)c5C(=O)NCCCNC(=O)CN(CCN(CCOO)CCN(CC)CC)CC(=O)O)[C@@H](CCC(=O)NC)C4C)c(C)c3C(C)=O. The molecule has 3 aromatic rings. The summed E-state index contributed by atoms with van der Waals surface area (Å²) in [4.78, 5) is 106. The second kappa shape index (κ2) is 27.1. The number of aliphatic carboxylic acids is 1. The molecule has 8 bridgehead atoms. The van der Waals surface area contributed by atoms with Gasteiger partial charge in [-0.05, 0) is 88.9 Å². The van der Waals surface area contributed by atoms with E-state index >= 15 is 0 Å². The Kier molecular flexibility index (Phi) is 21.4. The van der Waals surface area contributed by atoms with E-state index in [2.05, 4.69) is 61.4 Å². The van der Waals surface area contributed by atoms with Crippen molar-refractivity contribution < 1.29 is 48.8 Å². The number of carboxylic acids is 1. The first-order valence-electron chi connectivity index (χ1n) is 25.2. The van der Waals surface area contributed by atoms with Gasteiger partial charge in [-0.2, -0.15) is 0 Å². The molecule has 5 rings (SSSR count). The highest BCUT2D eigenvalue weighted by atomic mass is 17.1. The second-order valence-corrected chi connectivity index (χ2v) is 18.7. The summed E-state index contributed by atoms with van der Waals surface area (Å²) in [5.41, 5.74) is 7.82. The van der Waals surface area contributed by atoms with E-state index < -0.39 is 17.8 Å². The number of nitrogens with one attached hydrogen (secondary N) is 5. The molecule has 394 valence electrons. The fourth-order valence-corrected chi connectivity index (χ4v) is 9.75. The Morgan fingerprint density at radius 1 is 0.806 bits per heavy atom. The number of aryl methyl sites for hydroxylation is 2. The minimum atomic E-state index is -1.07. The van der Waals surface area contributed by atoms with Gasteiger partial charge in [0.25, 0.3) is 5.91 Å². The molecule has 0 fully saturated rings. The van der Waals surface area contributed by atoms with Crippen molar-refractivity contribution in [3.05, 3.63) is 68.8 Å². The molecule has 3 aromatic heterocycles. The highest BCUT2D eigenvalue weighted by Gasteiger charge is 2.34. The summed E-state index contributed by atoms with van der Waals surface area (Å²) in [7, 11) is 2.88. The van der Waals surface area contributed by atoms with Crippen LogP contribution in [0.4, 0.5) is 0 Å². The maximum Gasteiger partial charge on any atom is 0.317 e. The lowest BCUT2D eigenvalue weighted by Crippen LogP contribution is -2.45. The summed E-state index contributed by atoms with van der Waals surface area (Å²) >= 11 is 0. The van der Waals surface area contributed by atoms with E-state index in [0.29, 0.717) is 101 Å².